The summed E-state index contributed by atoms with van der Waals surface area (Å²) < 4.78 is 98.4. The third kappa shape index (κ3) is 28.2. The van der Waals surface area contributed by atoms with Gasteiger partial charge in [-0.25, -0.2) is 9.59 Å². The van der Waals surface area contributed by atoms with Crippen molar-refractivity contribution in [1.82, 2.24) is 28.4 Å². The van der Waals surface area contributed by atoms with Crippen molar-refractivity contribution in [3.05, 3.63) is 256 Å². The number of methoxy groups -OCH3 is 6. The first-order valence-electron chi connectivity index (χ1n) is 45.0. The van der Waals surface area contributed by atoms with Gasteiger partial charge in [-0.15, -0.1) is 0 Å². The molecular formula is C101H138N8O22P2. The van der Waals surface area contributed by atoms with E-state index in [-0.39, 0.29) is 82.3 Å². The lowest BCUT2D eigenvalue weighted by atomic mass is 9.80. The van der Waals surface area contributed by atoms with Gasteiger partial charge in [0.1, 0.15) is 96.5 Å². The first-order chi connectivity index (χ1) is 63.2. The van der Waals surface area contributed by atoms with Crippen molar-refractivity contribution in [2.24, 2.45) is 11.8 Å². The van der Waals surface area contributed by atoms with Crippen LogP contribution in [0, 0.1) is 48.3 Å². The van der Waals surface area contributed by atoms with E-state index in [1.807, 2.05) is 185 Å². The molecule has 30 nitrogen and oxygen atoms in total. The molecule has 0 radical (unpaired) electrons. The van der Waals surface area contributed by atoms with Crippen molar-refractivity contribution in [2.75, 3.05) is 94.6 Å². The number of nitriles is 2. The van der Waals surface area contributed by atoms with Crippen LogP contribution in [0.2, 0.25) is 0 Å². The number of aryl methyl sites for hydroxylation is 2. The second-order valence-corrected chi connectivity index (χ2v) is 39.7. The second-order valence-electron chi connectivity index (χ2n) is 35.8. The molecule has 2 aliphatic heterocycles. The number of nitrogens with zero attached hydrogens (tertiary/aromatic N) is 6. The molecule has 724 valence electrons. The highest BCUT2D eigenvalue weighted by Gasteiger charge is 2.53. The van der Waals surface area contributed by atoms with Crippen molar-refractivity contribution >= 4 is 28.3 Å². The molecular weight excluding hydrogens is 1740 g/mol. The standard InChI is InChI=1S/C47H61N4O11P.C34H38N2O9.C20H39N2O2P/c1-31(2)51(32(3)4)63(30-40(52)61-46(6,7)24-25-48)62-41-39(60-44(42(41)58-27-26-55-8)50-28-33(5)43(53)49-45(50)54)29-59-47(34-14-12-11-13-15-34,35-16-20-37(56-9)21-17-35)36-18-22-38(57-10)23-19-36;1-22-20-36(33(39)35-31(22)38)32-30(43-19-18-40-2)29(37)28(45-32)21-44-34(23-8-6-5-7-9-23,24-10-14-26(41-3)15-11-24)25-12-16-27(42-4)17-13-25;1-14(2)19(15(3)4)25(22(16(5)6)17(7)8)13-18(23)24-20(9,10)11-12-21/h11-23,28,31-32,39,41-42,44H,24,26-27,29-30H2,1-10H3,(H,49,53,54);5-17,20,28-30,32,37H,18-19,21H2,1-4H3,(H,35,38,39);14-17,19H,11,13H2,1-10H3/t39-,41?,42?,44-,63?;28-,29?,30?,32-;/m11./s1. The molecule has 2 fully saturated rings. The van der Waals surface area contributed by atoms with Gasteiger partial charge in [0.2, 0.25) is 0 Å². The summed E-state index contributed by atoms with van der Waals surface area (Å²) in [6.07, 6.45) is -4.79. The second kappa shape index (κ2) is 50.7. The first-order valence-corrected chi connectivity index (χ1v) is 48.0. The number of aliphatic hydroxyl groups is 1. The average molecular weight is 1880 g/mol. The fraction of sp³-hybridized carbons (Fsp3) is 0.525. The molecule has 133 heavy (non-hydrogen) atoms. The van der Waals surface area contributed by atoms with Crippen LogP contribution in [0.25, 0.3) is 0 Å². The molecule has 2 saturated heterocycles. The number of rotatable bonds is 45. The Morgan fingerprint density at radius 2 is 0.789 bits per heavy atom. The number of carbonyl (C=O) groups excluding carboxylic acids is 2. The lowest BCUT2D eigenvalue weighted by molar-refractivity contribution is -0.154. The van der Waals surface area contributed by atoms with Gasteiger partial charge in [-0.3, -0.25) is 47.6 Å². The lowest BCUT2D eigenvalue weighted by Crippen LogP contribution is -2.44. The topological polar surface area (TPSA) is 357 Å². The van der Waals surface area contributed by atoms with Crippen LogP contribution >= 0.6 is 16.4 Å². The minimum atomic E-state index is -1.82. The summed E-state index contributed by atoms with van der Waals surface area (Å²) in [6.45, 7) is 36.6. The smallest absolute Gasteiger partial charge is 0.330 e. The molecule has 0 bridgehead atoms. The molecule has 10 rings (SSSR count). The maximum absolute atomic E-state index is 13.8. The highest BCUT2D eigenvalue weighted by Crippen LogP contribution is 2.55. The number of aromatic nitrogens is 4. The van der Waals surface area contributed by atoms with E-state index in [9.17, 15) is 39.1 Å². The van der Waals surface area contributed by atoms with Crippen molar-refractivity contribution in [2.45, 2.75) is 239 Å². The fourth-order valence-corrected chi connectivity index (χ4v) is 22.8. The average Bonchev–Trinajstić information content (AvgIpc) is 1.74. The quantitative estimate of drug-likeness (QED) is 0.0138. The molecule has 0 amide bonds. The predicted molar refractivity (Wildman–Crippen MR) is 513 cm³/mol. The number of ether oxygens (including phenoxy) is 14. The SMILES string of the molecule is CC(C)C(C(C)C)P(CC(=O)OC(C)(C)CC#N)N(C(C)C)C(C)C.COCCOC1C(O)[C@@H](COC(c2ccccc2)(c2ccc(OC)cc2)c2ccc(OC)cc2)O[C@H]1n1cc(C)c(=O)[nH]c1=O.COCCOC1C(OP(CC(=O)OC(C)(C)CC#N)N(C(C)C)C(C)C)[C@@H](COC(c2ccccc2)(c2ccc(OC)cc2)c2ccc(OC)cc2)O[C@H]1n1cc(C)c(=O)[nH]c1=O. The van der Waals surface area contributed by atoms with Crippen LogP contribution in [0.3, 0.4) is 0 Å². The van der Waals surface area contributed by atoms with Crippen molar-refractivity contribution < 1.29 is 85.5 Å². The summed E-state index contributed by atoms with van der Waals surface area (Å²) in [7, 11) is 7.02. The van der Waals surface area contributed by atoms with Gasteiger partial charge in [0.25, 0.3) is 11.1 Å². The Morgan fingerprint density at radius 3 is 1.13 bits per heavy atom. The number of carbonyl (C=O) groups is 2. The predicted octanol–water partition coefficient (Wildman–Crippen LogP) is 15.4. The summed E-state index contributed by atoms with van der Waals surface area (Å²) in [5, 5.41) is 29.9. The highest BCUT2D eigenvalue weighted by molar-refractivity contribution is 7.57. The molecule has 6 unspecified atom stereocenters. The Labute approximate surface area is 785 Å². The Morgan fingerprint density at radius 1 is 0.459 bits per heavy atom. The van der Waals surface area contributed by atoms with E-state index in [1.54, 1.807) is 77.1 Å². The number of hydrogen-bond acceptors (Lipinski definition) is 26. The number of aromatic amines is 2. The third-order valence-electron chi connectivity index (χ3n) is 22.9. The number of esters is 2. The van der Waals surface area contributed by atoms with E-state index in [0.717, 1.165) is 33.4 Å². The van der Waals surface area contributed by atoms with Gasteiger partial charge in [-0.1, -0.05) is 137 Å². The zero-order valence-electron chi connectivity index (χ0n) is 81.5. The third-order valence-corrected chi connectivity index (χ3v) is 29.3. The number of hydrogen-bond donors (Lipinski definition) is 3. The normalized spacial score (nSPS) is 18.1. The van der Waals surface area contributed by atoms with Crippen LogP contribution in [0.5, 0.6) is 23.0 Å². The van der Waals surface area contributed by atoms with Gasteiger partial charge < -0.3 is 75.9 Å². The number of H-pyrrole nitrogens is 2. The van der Waals surface area contributed by atoms with Crippen LogP contribution in [-0.4, -0.2) is 218 Å². The maximum atomic E-state index is 13.8. The number of benzene rings is 6. The van der Waals surface area contributed by atoms with Crippen LogP contribution in [0.1, 0.15) is 181 Å². The van der Waals surface area contributed by atoms with Gasteiger partial charge in [0.05, 0.1) is 99.2 Å². The van der Waals surface area contributed by atoms with E-state index in [4.69, 9.17) is 76.1 Å². The van der Waals surface area contributed by atoms with E-state index in [1.165, 1.54) is 28.6 Å². The Hall–Kier alpha value is -9.82. The van der Waals surface area contributed by atoms with Gasteiger partial charge >= 0.3 is 23.3 Å². The Kier molecular flexibility index (Phi) is 41.3. The highest BCUT2D eigenvalue weighted by atomic mass is 31.2. The molecule has 0 aliphatic carbocycles. The minimum absolute atomic E-state index is 0.00145. The monoisotopic (exact) mass is 1880 g/mol. The maximum Gasteiger partial charge on any atom is 0.330 e. The molecule has 3 N–H and O–H groups in total. The minimum Gasteiger partial charge on any atom is -0.497 e. The van der Waals surface area contributed by atoms with Crippen molar-refractivity contribution in [3.8, 4) is 35.1 Å². The van der Waals surface area contributed by atoms with Crippen LogP contribution in [-0.2, 0) is 72.7 Å². The fourth-order valence-electron chi connectivity index (χ4n) is 17.1. The van der Waals surface area contributed by atoms with Gasteiger partial charge in [-0.2, -0.15) is 10.5 Å². The number of aliphatic hydroxyl groups excluding tert-OH is 1. The lowest BCUT2D eigenvalue weighted by Gasteiger charge is -2.45. The molecule has 32 heteroatoms. The Balaban J connectivity index is 0.000000270. The summed E-state index contributed by atoms with van der Waals surface area (Å²) in [6, 6.07) is 54.8. The van der Waals surface area contributed by atoms with E-state index in [0.29, 0.717) is 64.3 Å². The molecule has 0 saturated carbocycles. The summed E-state index contributed by atoms with van der Waals surface area (Å²) in [4.78, 5) is 82.5. The summed E-state index contributed by atoms with van der Waals surface area (Å²) in [5.74, 6) is 2.98. The van der Waals surface area contributed by atoms with Crippen molar-refractivity contribution in [3.63, 3.8) is 0 Å². The van der Waals surface area contributed by atoms with Gasteiger partial charge in [0.15, 0.2) is 12.5 Å². The van der Waals surface area contributed by atoms with Crippen LogP contribution in [0.15, 0.2) is 189 Å². The molecule has 0 spiro atoms. The molecule has 10 atom stereocenters. The van der Waals surface area contributed by atoms with E-state index in [2.05, 4.69) is 86.8 Å². The summed E-state index contributed by atoms with van der Waals surface area (Å²) in [5.41, 5.74) is -0.710. The largest absolute Gasteiger partial charge is 0.497 e. The van der Waals surface area contributed by atoms with Crippen LogP contribution in [0.4, 0.5) is 0 Å². The Bertz CT molecular complexity index is 5130. The first kappa shape index (κ1) is 109. The molecule has 4 heterocycles. The molecule has 2 aliphatic rings. The van der Waals surface area contributed by atoms with Crippen LogP contribution < -0.4 is 41.4 Å². The molecule has 8 aromatic rings. The zero-order chi connectivity index (χ0) is 97.8. The number of nitrogens with one attached hydrogen (secondary N) is 2. The van der Waals surface area contributed by atoms with Gasteiger partial charge in [-0.05, 0) is 204 Å². The van der Waals surface area contributed by atoms with Gasteiger partial charge in [0, 0.05) is 61.9 Å². The molecule has 6 aromatic carbocycles. The van der Waals surface area contributed by atoms with E-state index < -0.39 is 116 Å². The molecule has 2 aromatic heterocycles. The summed E-state index contributed by atoms with van der Waals surface area (Å²) >= 11 is 0. The van der Waals surface area contributed by atoms with Crippen molar-refractivity contribution in [1.29, 1.82) is 10.5 Å². The zero-order valence-corrected chi connectivity index (χ0v) is 83.3. The van der Waals surface area contributed by atoms with E-state index >= 15 is 0 Å².